The molecule has 0 fully saturated rings. The first-order valence-corrected chi connectivity index (χ1v) is 4.30. The van der Waals surface area contributed by atoms with Gasteiger partial charge in [-0.25, -0.2) is 0 Å². The molecule has 4 nitrogen and oxygen atoms in total. The molecule has 5 heteroatoms. The molecule has 0 aromatic carbocycles. The maximum atomic E-state index is 10.1. The SMILES string of the molecule is CCO/N=C(/C)C[P+](=O)[O-]. The summed E-state index contributed by atoms with van der Waals surface area (Å²) in [6, 6.07) is 0. The molecule has 0 heterocycles. The standard InChI is InChI=1S/C5H10NO3P/c1-3-9-6-5(2)4-10(7)8/h3-4H2,1-2H3/b6-5-. The average molecular weight is 163 g/mol. The van der Waals surface area contributed by atoms with Gasteiger partial charge in [0.25, 0.3) is 0 Å². The molecule has 1 atom stereocenters. The fraction of sp³-hybridized carbons (Fsp3) is 0.800. The van der Waals surface area contributed by atoms with E-state index < -0.39 is 8.03 Å². The van der Waals surface area contributed by atoms with Crippen LogP contribution in [-0.4, -0.2) is 18.5 Å². The summed E-state index contributed by atoms with van der Waals surface area (Å²) in [7, 11) is -2.37. The molecule has 58 valence electrons. The largest absolute Gasteiger partial charge is 0.595 e. The Balaban J connectivity index is 3.59. The van der Waals surface area contributed by atoms with Crippen LogP contribution < -0.4 is 4.89 Å². The summed E-state index contributed by atoms with van der Waals surface area (Å²) in [4.78, 5) is 14.7. The van der Waals surface area contributed by atoms with Gasteiger partial charge in [0.1, 0.15) is 12.3 Å². The first-order valence-electron chi connectivity index (χ1n) is 2.94. The minimum atomic E-state index is -2.37. The molecule has 0 saturated carbocycles. The minimum Gasteiger partial charge on any atom is -0.595 e. The van der Waals surface area contributed by atoms with Gasteiger partial charge in [0.05, 0.1) is 0 Å². The fourth-order valence-electron chi connectivity index (χ4n) is 0.390. The van der Waals surface area contributed by atoms with Crippen molar-refractivity contribution in [2.45, 2.75) is 13.8 Å². The molecule has 0 saturated heterocycles. The van der Waals surface area contributed by atoms with Crippen LogP contribution in [0.2, 0.25) is 0 Å². The Kier molecular flexibility index (Phi) is 5.08. The van der Waals surface area contributed by atoms with Crippen LogP contribution in [0.1, 0.15) is 13.8 Å². The lowest BCUT2D eigenvalue weighted by Gasteiger charge is -1.93. The minimum absolute atomic E-state index is 0.0185. The first kappa shape index (κ1) is 9.53. The van der Waals surface area contributed by atoms with E-state index in [1.807, 2.05) is 0 Å². The van der Waals surface area contributed by atoms with Crippen molar-refractivity contribution >= 4 is 13.7 Å². The van der Waals surface area contributed by atoms with Gasteiger partial charge in [-0.3, -0.25) is 0 Å². The number of oxime groups is 1. The van der Waals surface area contributed by atoms with E-state index in [0.717, 1.165) is 0 Å². The van der Waals surface area contributed by atoms with E-state index in [0.29, 0.717) is 12.3 Å². The van der Waals surface area contributed by atoms with Crippen LogP contribution in [0.3, 0.4) is 0 Å². The highest BCUT2D eigenvalue weighted by molar-refractivity contribution is 7.37. The first-order chi connectivity index (χ1) is 4.66. The molecule has 0 spiro atoms. The predicted octanol–water partition coefficient (Wildman–Crippen LogP) is 0.501. The summed E-state index contributed by atoms with van der Waals surface area (Å²) < 4.78 is 10.1. The molecular weight excluding hydrogens is 153 g/mol. The highest BCUT2D eigenvalue weighted by Gasteiger charge is 2.02. The topological polar surface area (TPSA) is 61.7 Å². The van der Waals surface area contributed by atoms with Gasteiger partial charge in [0, 0.05) is 0 Å². The van der Waals surface area contributed by atoms with Crippen molar-refractivity contribution in [1.29, 1.82) is 0 Å². The van der Waals surface area contributed by atoms with Gasteiger partial charge in [-0.1, -0.05) is 9.72 Å². The zero-order chi connectivity index (χ0) is 7.98. The Morgan fingerprint density at radius 1 is 1.80 bits per heavy atom. The summed E-state index contributed by atoms with van der Waals surface area (Å²) in [5.74, 6) is 0. The third kappa shape index (κ3) is 5.66. The Morgan fingerprint density at radius 3 is 2.80 bits per heavy atom. The lowest BCUT2D eigenvalue weighted by molar-refractivity contribution is -0.163. The van der Waals surface area contributed by atoms with Crippen LogP contribution in [0.4, 0.5) is 0 Å². The third-order valence-corrected chi connectivity index (χ3v) is 1.42. The Bertz CT molecular complexity index is 146. The van der Waals surface area contributed by atoms with E-state index in [9.17, 15) is 9.46 Å². The highest BCUT2D eigenvalue weighted by Crippen LogP contribution is 2.05. The highest BCUT2D eigenvalue weighted by atomic mass is 31.1. The quantitative estimate of drug-likeness (QED) is 0.344. The van der Waals surface area contributed by atoms with Crippen molar-refractivity contribution < 1.29 is 14.3 Å². The van der Waals surface area contributed by atoms with Crippen molar-refractivity contribution in [3.8, 4) is 0 Å². The summed E-state index contributed by atoms with van der Waals surface area (Å²) in [6.45, 7) is 3.86. The second-order valence-electron chi connectivity index (χ2n) is 1.74. The number of hydrogen-bond acceptors (Lipinski definition) is 4. The van der Waals surface area contributed by atoms with Gasteiger partial charge in [-0.15, -0.1) is 0 Å². The Morgan fingerprint density at radius 2 is 2.40 bits per heavy atom. The number of hydrogen-bond donors (Lipinski definition) is 0. The van der Waals surface area contributed by atoms with Crippen LogP contribution >= 0.6 is 8.03 Å². The lowest BCUT2D eigenvalue weighted by atomic mass is 10.5. The molecule has 0 amide bonds. The molecule has 0 N–H and O–H groups in total. The maximum absolute atomic E-state index is 10.1. The van der Waals surface area contributed by atoms with E-state index in [4.69, 9.17) is 0 Å². The molecule has 0 bridgehead atoms. The Labute approximate surface area is 60.7 Å². The van der Waals surface area contributed by atoms with Gasteiger partial charge < -0.3 is 9.73 Å². The van der Waals surface area contributed by atoms with Crippen molar-refractivity contribution in [3.05, 3.63) is 0 Å². The van der Waals surface area contributed by atoms with Crippen LogP contribution in [0, 0.1) is 0 Å². The molecule has 0 aliphatic rings. The van der Waals surface area contributed by atoms with Gasteiger partial charge in [0.2, 0.25) is 0 Å². The molecular formula is C5H10NO3P. The fourth-order valence-corrected chi connectivity index (χ4v) is 0.822. The van der Waals surface area contributed by atoms with Crippen molar-refractivity contribution in [3.63, 3.8) is 0 Å². The average Bonchev–Trinajstić information content (AvgIpc) is 1.82. The summed E-state index contributed by atoms with van der Waals surface area (Å²) in [6.07, 6.45) is -0.0185. The molecule has 0 aromatic rings. The summed E-state index contributed by atoms with van der Waals surface area (Å²) >= 11 is 0. The van der Waals surface area contributed by atoms with E-state index in [2.05, 4.69) is 9.99 Å². The normalized spacial score (nSPS) is 13.1. The van der Waals surface area contributed by atoms with Crippen molar-refractivity contribution in [2.75, 3.05) is 12.8 Å². The smallest absolute Gasteiger partial charge is 0.315 e. The third-order valence-electron chi connectivity index (χ3n) is 0.707. The molecule has 0 rings (SSSR count). The number of rotatable bonds is 4. The zero-order valence-corrected chi connectivity index (χ0v) is 6.93. The Hall–Kier alpha value is -0.470. The van der Waals surface area contributed by atoms with Crippen molar-refractivity contribution in [1.82, 2.24) is 0 Å². The molecule has 10 heavy (non-hydrogen) atoms. The van der Waals surface area contributed by atoms with Crippen LogP contribution in [0.25, 0.3) is 0 Å². The van der Waals surface area contributed by atoms with E-state index in [1.165, 1.54) is 0 Å². The van der Waals surface area contributed by atoms with E-state index in [1.54, 1.807) is 13.8 Å². The van der Waals surface area contributed by atoms with Gasteiger partial charge in [-0.05, 0) is 13.8 Å². The van der Waals surface area contributed by atoms with Gasteiger partial charge >= 0.3 is 8.03 Å². The molecule has 0 aliphatic carbocycles. The van der Waals surface area contributed by atoms with Crippen LogP contribution in [0.15, 0.2) is 5.16 Å². The van der Waals surface area contributed by atoms with Crippen LogP contribution in [0.5, 0.6) is 0 Å². The van der Waals surface area contributed by atoms with Crippen molar-refractivity contribution in [2.24, 2.45) is 5.16 Å². The second-order valence-corrected chi connectivity index (χ2v) is 2.72. The zero-order valence-electron chi connectivity index (χ0n) is 6.03. The van der Waals surface area contributed by atoms with E-state index >= 15 is 0 Å². The van der Waals surface area contributed by atoms with Gasteiger partial charge in [0.15, 0.2) is 6.16 Å². The predicted molar refractivity (Wildman–Crippen MR) is 37.2 cm³/mol. The monoisotopic (exact) mass is 163 g/mol. The summed E-state index contributed by atoms with van der Waals surface area (Å²) in [5, 5.41) is 3.52. The van der Waals surface area contributed by atoms with Gasteiger partial charge in [-0.2, -0.15) is 0 Å². The van der Waals surface area contributed by atoms with E-state index in [-0.39, 0.29) is 6.16 Å². The number of nitrogens with zero attached hydrogens (tertiary/aromatic N) is 1. The maximum Gasteiger partial charge on any atom is 0.315 e. The molecule has 1 unspecified atom stereocenters. The molecule has 0 radical (unpaired) electrons. The molecule has 0 aliphatic heterocycles. The second kappa shape index (κ2) is 5.33. The van der Waals surface area contributed by atoms with Crippen LogP contribution in [-0.2, 0) is 9.40 Å². The lowest BCUT2D eigenvalue weighted by Crippen LogP contribution is -2.01. The molecule has 0 aromatic heterocycles. The summed E-state index contributed by atoms with van der Waals surface area (Å²) in [5.41, 5.74) is 0.484.